The predicted molar refractivity (Wildman–Crippen MR) is 63.5 cm³/mol. The highest BCUT2D eigenvalue weighted by Crippen LogP contribution is 2.27. The fraction of sp³-hybridized carbons (Fsp3) is 0.462. The summed E-state index contributed by atoms with van der Waals surface area (Å²) in [6.45, 7) is 8.88. The minimum Gasteiger partial charge on any atom is -0.322 e. The maximum atomic E-state index is 4.35. The zero-order valence-corrected chi connectivity index (χ0v) is 9.86. The van der Waals surface area contributed by atoms with E-state index in [2.05, 4.69) is 55.5 Å². The lowest BCUT2D eigenvalue weighted by Crippen LogP contribution is -2.24. The number of rotatable bonds is 1. The summed E-state index contributed by atoms with van der Waals surface area (Å²) in [5.41, 5.74) is 1.39. The van der Waals surface area contributed by atoms with E-state index < -0.39 is 0 Å². The van der Waals surface area contributed by atoms with Crippen molar-refractivity contribution >= 4 is 6.08 Å². The topological polar surface area (TPSA) is 17.8 Å². The zero-order valence-electron chi connectivity index (χ0n) is 9.86. The number of aromatic nitrogens is 2. The van der Waals surface area contributed by atoms with E-state index in [4.69, 9.17) is 0 Å². The van der Waals surface area contributed by atoms with Crippen molar-refractivity contribution < 1.29 is 0 Å². The maximum Gasteiger partial charge on any atom is 0.133 e. The molecule has 15 heavy (non-hydrogen) atoms. The molecule has 1 aliphatic rings. The average Bonchev–Trinajstić information content (AvgIpc) is 2.56. The molecule has 1 aliphatic heterocycles. The van der Waals surface area contributed by atoms with E-state index >= 15 is 0 Å². The van der Waals surface area contributed by atoms with Crippen LogP contribution < -0.4 is 0 Å². The first kappa shape index (κ1) is 10.2. The van der Waals surface area contributed by atoms with Crippen LogP contribution in [-0.4, -0.2) is 9.55 Å². The Kier molecular flexibility index (Phi) is 2.29. The molecule has 80 valence electrons. The van der Waals surface area contributed by atoms with Crippen LogP contribution in [0.15, 0.2) is 30.1 Å². The van der Waals surface area contributed by atoms with Gasteiger partial charge in [-0.15, -0.1) is 0 Å². The van der Waals surface area contributed by atoms with Crippen LogP contribution in [0, 0.1) is 5.92 Å². The minimum absolute atomic E-state index is 0.00887. The number of imidazole rings is 1. The summed E-state index contributed by atoms with van der Waals surface area (Å²) in [5, 5.41) is 0. The first-order chi connectivity index (χ1) is 7.00. The number of fused-ring (bicyclic) bond motifs is 1. The molecule has 0 unspecified atom stereocenters. The van der Waals surface area contributed by atoms with Gasteiger partial charge in [0.05, 0.1) is 5.54 Å². The molecule has 0 amide bonds. The molecule has 2 heterocycles. The normalized spacial score (nSPS) is 18.6. The molecule has 0 spiro atoms. The van der Waals surface area contributed by atoms with Gasteiger partial charge in [0.25, 0.3) is 0 Å². The number of hydrogen-bond acceptors (Lipinski definition) is 1. The highest BCUT2D eigenvalue weighted by Gasteiger charge is 2.22. The van der Waals surface area contributed by atoms with Crippen molar-refractivity contribution in [3.05, 3.63) is 35.9 Å². The van der Waals surface area contributed by atoms with Crippen molar-refractivity contribution in [3.63, 3.8) is 0 Å². The van der Waals surface area contributed by atoms with Crippen LogP contribution in [0.3, 0.4) is 0 Å². The second-order valence-corrected chi connectivity index (χ2v) is 4.94. The van der Waals surface area contributed by atoms with Gasteiger partial charge in [-0.3, -0.25) is 0 Å². The molecule has 2 rings (SSSR count). The Balaban J connectivity index is 2.53. The molecule has 0 saturated heterocycles. The van der Waals surface area contributed by atoms with Crippen LogP contribution in [0.25, 0.3) is 6.08 Å². The van der Waals surface area contributed by atoms with Crippen LogP contribution in [0.2, 0.25) is 0 Å². The fourth-order valence-electron chi connectivity index (χ4n) is 1.98. The largest absolute Gasteiger partial charge is 0.322 e. The highest BCUT2D eigenvalue weighted by atomic mass is 15.1. The van der Waals surface area contributed by atoms with Gasteiger partial charge in [0.1, 0.15) is 5.82 Å². The van der Waals surface area contributed by atoms with Gasteiger partial charge in [0, 0.05) is 12.4 Å². The van der Waals surface area contributed by atoms with Gasteiger partial charge in [-0.05, 0) is 31.4 Å². The number of hydrogen-bond donors (Lipinski definition) is 0. The van der Waals surface area contributed by atoms with Gasteiger partial charge in [-0.1, -0.05) is 26.0 Å². The van der Waals surface area contributed by atoms with Crippen molar-refractivity contribution in [1.82, 2.24) is 9.55 Å². The molecule has 1 aromatic heterocycles. The Hall–Kier alpha value is -1.31. The smallest absolute Gasteiger partial charge is 0.133 e. The van der Waals surface area contributed by atoms with Crippen molar-refractivity contribution in [2.45, 2.75) is 33.2 Å². The molecule has 0 saturated carbocycles. The van der Waals surface area contributed by atoms with Crippen LogP contribution in [0.4, 0.5) is 0 Å². The Labute approximate surface area is 91.3 Å². The van der Waals surface area contributed by atoms with Gasteiger partial charge in [-0.25, -0.2) is 4.98 Å². The van der Waals surface area contributed by atoms with Gasteiger partial charge >= 0.3 is 0 Å². The van der Waals surface area contributed by atoms with Crippen molar-refractivity contribution in [2.75, 3.05) is 0 Å². The van der Waals surface area contributed by atoms with Gasteiger partial charge in [-0.2, -0.15) is 0 Å². The van der Waals surface area contributed by atoms with E-state index in [9.17, 15) is 0 Å². The standard InChI is InChI=1S/C13H18N2/c1-10(2)11-5-6-12-14-7-8-15(12)13(3,4)9-11/h5-10H,1-4H3. The molecule has 0 aromatic carbocycles. The monoisotopic (exact) mass is 202 g/mol. The average molecular weight is 202 g/mol. The lowest BCUT2D eigenvalue weighted by atomic mass is 9.95. The minimum atomic E-state index is 0.00887. The molecule has 2 heteroatoms. The van der Waals surface area contributed by atoms with Crippen molar-refractivity contribution in [3.8, 4) is 0 Å². The van der Waals surface area contributed by atoms with Gasteiger partial charge < -0.3 is 4.57 Å². The molecule has 0 atom stereocenters. The van der Waals surface area contributed by atoms with Crippen LogP contribution in [0.1, 0.15) is 33.5 Å². The summed E-state index contributed by atoms with van der Waals surface area (Å²) >= 11 is 0. The number of nitrogens with zero attached hydrogens (tertiary/aromatic N) is 2. The van der Waals surface area contributed by atoms with E-state index in [0.29, 0.717) is 5.92 Å². The summed E-state index contributed by atoms with van der Waals surface area (Å²) in [6.07, 6.45) is 10.5. The summed E-state index contributed by atoms with van der Waals surface area (Å²) in [4.78, 5) is 4.35. The molecular formula is C13H18N2. The van der Waals surface area contributed by atoms with Crippen LogP contribution >= 0.6 is 0 Å². The first-order valence-corrected chi connectivity index (χ1v) is 5.45. The van der Waals surface area contributed by atoms with Crippen LogP contribution in [-0.2, 0) is 5.54 Å². The molecule has 0 aliphatic carbocycles. The SMILES string of the molecule is CC(C)C1=CC(C)(C)n2ccnc2C=C1. The molecule has 0 fully saturated rings. The zero-order chi connectivity index (χ0) is 11.1. The van der Waals surface area contributed by atoms with Gasteiger partial charge in [0.15, 0.2) is 0 Å². The second-order valence-electron chi connectivity index (χ2n) is 4.94. The van der Waals surface area contributed by atoms with Gasteiger partial charge in [0.2, 0.25) is 0 Å². The lowest BCUT2D eigenvalue weighted by Gasteiger charge is -2.24. The Morgan fingerprint density at radius 1 is 1.27 bits per heavy atom. The molecule has 0 bridgehead atoms. The predicted octanol–water partition coefficient (Wildman–Crippen LogP) is 3.23. The lowest BCUT2D eigenvalue weighted by molar-refractivity contribution is 0.447. The van der Waals surface area contributed by atoms with Crippen LogP contribution in [0.5, 0.6) is 0 Å². The molecule has 1 aromatic rings. The third kappa shape index (κ3) is 1.76. The summed E-state index contributed by atoms with van der Waals surface area (Å²) in [6, 6.07) is 0. The summed E-state index contributed by atoms with van der Waals surface area (Å²) < 4.78 is 2.21. The van der Waals surface area contributed by atoms with E-state index in [1.807, 2.05) is 12.4 Å². The third-order valence-corrected chi connectivity index (χ3v) is 2.90. The Bertz CT molecular complexity index is 419. The van der Waals surface area contributed by atoms with E-state index in [1.54, 1.807) is 0 Å². The Morgan fingerprint density at radius 3 is 2.67 bits per heavy atom. The first-order valence-electron chi connectivity index (χ1n) is 5.45. The maximum absolute atomic E-state index is 4.35. The van der Waals surface area contributed by atoms with Crippen molar-refractivity contribution in [1.29, 1.82) is 0 Å². The highest BCUT2D eigenvalue weighted by molar-refractivity contribution is 5.50. The molecular weight excluding hydrogens is 184 g/mol. The molecule has 0 N–H and O–H groups in total. The summed E-state index contributed by atoms with van der Waals surface area (Å²) in [5.74, 6) is 1.59. The third-order valence-electron chi connectivity index (χ3n) is 2.90. The fourth-order valence-corrected chi connectivity index (χ4v) is 1.98. The Morgan fingerprint density at radius 2 is 2.00 bits per heavy atom. The molecule has 2 nitrogen and oxygen atoms in total. The van der Waals surface area contributed by atoms with E-state index in [0.717, 1.165) is 5.82 Å². The van der Waals surface area contributed by atoms with E-state index in [1.165, 1.54) is 5.57 Å². The quantitative estimate of drug-likeness (QED) is 0.683. The van der Waals surface area contributed by atoms with Crippen molar-refractivity contribution in [2.24, 2.45) is 5.92 Å². The summed E-state index contributed by atoms with van der Waals surface area (Å²) in [7, 11) is 0. The van der Waals surface area contributed by atoms with E-state index in [-0.39, 0.29) is 5.54 Å². The number of allylic oxidation sites excluding steroid dienone is 3. The molecule has 0 radical (unpaired) electrons. The second kappa shape index (κ2) is 3.37.